The molecule has 78 valence electrons. The minimum Gasteiger partial charge on any atom is -0.343 e. The molecule has 0 atom stereocenters. The van der Waals surface area contributed by atoms with Crippen LogP contribution in [0.5, 0.6) is 0 Å². The molecule has 0 amide bonds. The van der Waals surface area contributed by atoms with Crippen LogP contribution in [0.1, 0.15) is 17.0 Å². The van der Waals surface area contributed by atoms with Gasteiger partial charge in [-0.3, -0.25) is 0 Å². The summed E-state index contributed by atoms with van der Waals surface area (Å²) in [7, 11) is 0. The van der Waals surface area contributed by atoms with Crippen LogP contribution in [-0.2, 0) is 13.1 Å². The molecular formula is C11H13N3O. The van der Waals surface area contributed by atoms with Crippen LogP contribution in [0.2, 0.25) is 0 Å². The third-order valence-electron chi connectivity index (χ3n) is 2.27. The van der Waals surface area contributed by atoms with Gasteiger partial charge < -0.3 is 9.84 Å². The lowest BCUT2D eigenvalue weighted by Gasteiger charge is -2.05. The molecular weight excluding hydrogens is 190 g/mol. The van der Waals surface area contributed by atoms with Crippen molar-refractivity contribution in [3.05, 3.63) is 47.6 Å². The lowest BCUT2D eigenvalue weighted by atomic mass is 10.1. The topological polar surface area (TPSA) is 51.0 Å². The molecule has 4 heteroatoms. The van der Waals surface area contributed by atoms with Crippen molar-refractivity contribution in [3.63, 3.8) is 0 Å². The maximum atomic E-state index is 4.64. The first-order valence-electron chi connectivity index (χ1n) is 4.87. The Labute approximate surface area is 88.3 Å². The second kappa shape index (κ2) is 4.70. The first-order valence-corrected chi connectivity index (χ1v) is 4.87. The van der Waals surface area contributed by atoms with Gasteiger partial charge in [0.05, 0.1) is 6.54 Å². The van der Waals surface area contributed by atoms with Crippen molar-refractivity contribution in [3.8, 4) is 0 Å². The van der Waals surface area contributed by atoms with Crippen LogP contribution in [-0.4, -0.2) is 10.1 Å². The summed E-state index contributed by atoms with van der Waals surface area (Å²) >= 11 is 0. The summed E-state index contributed by atoms with van der Waals surface area (Å²) < 4.78 is 4.64. The van der Waals surface area contributed by atoms with Gasteiger partial charge in [-0.05, 0) is 18.1 Å². The monoisotopic (exact) mass is 203 g/mol. The molecule has 2 aromatic rings. The average Bonchev–Trinajstić information content (AvgIpc) is 2.74. The van der Waals surface area contributed by atoms with Gasteiger partial charge in [-0.25, -0.2) is 0 Å². The standard InChI is InChI=1S/C11H13N3O/c1-9-4-2-3-5-10(9)6-12-7-11-13-8-15-14-11/h2-5,8,12H,6-7H2,1H3. The van der Waals surface area contributed by atoms with Crippen LogP contribution in [0.15, 0.2) is 35.2 Å². The quantitative estimate of drug-likeness (QED) is 0.821. The van der Waals surface area contributed by atoms with E-state index in [2.05, 4.69) is 39.0 Å². The first kappa shape index (κ1) is 9.86. The fourth-order valence-corrected chi connectivity index (χ4v) is 1.39. The van der Waals surface area contributed by atoms with Crippen LogP contribution >= 0.6 is 0 Å². The minimum atomic E-state index is 0.630. The zero-order valence-electron chi connectivity index (χ0n) is 8.60. The number of nitrogens with one attached hydrogen (secondary N) is 1. The maximum absolute atomic E-state index is 4.64. The van der Waals surface area contributed by atoms with E-state index in [1.165, 1.54) is 17.5 Å². The third kappa shape index (κ3) is 2.63. The van der Waals surface area contributed by atoms with Crippen molar-refractivity contribution in [1.29, 1.82) is 0 Å². The molecule has 2 rings (SSSR count). The number of rotatable bonds is 4. The van der Waals surface area contributed by atoms with Gasteiger partial charge in [0.15, 0.2) is 5.82 Å². The van der Waals surface area contributed by atoms with Crippen LogP contribution in [0.25, 0.3) is 0 Å². The summed E-state index contributed by atoms with van der Waals surface area (Å²) in [6.07, 6.45) is 1.34. The molecule has 1 N–H and O–H groups in total. The SMILES string of the molecule is Cc1ccccc1CNCc1ncon1. The van der Waals surface area contributed by atoms with Gasteiger partial charge in [0.25, 0.3) is 0 Å². The van der Waals surface area contributed by atoms with Gasteiger partial charge in [-0.15, -0.1) is 0 Å². The molecule has 0 radical (unpaired) electrons. The van der Waals surface area contributed by atoms with Crippen molar-refractivity contribution in [2.24, 2.45) is 0 Å². The number of benzene rings is 1. The summed E-state index contributed by atoms with van der Waals surface area (Å²) in [5.41, 5.74) is 2.58. The number of aromatic nitrogens is 2. The molecule has 0 fully saturated rings. The molecule has 0 aliphatic heterocycles. The average molecular weight is 203 g/mol. The molecule has 1 aromatic heterocycles. The second-order valence-corrected chi connectivity index (χ2v) is 3.38. The van der Waals surface area contributed by atoms with Gasteiger partial charge in [-0.1, -0.05) is 29.4 Å². The predicted octanol–water partition coefficient (Wildman–Crippen LogP) is 1.67. The molecule has 1 aromatic carbocycles. The highest BCUT2D eigenvalue weighted by Crippen LogP contribution is 2.06. The summed E-state index contributed by atoms with van der Waals surface area (Å²) in [6, 6.07) is 8.29. The molecule has 0 unspecified atom stereocenters. The Morgan fingerprint density at radius 3 is 2.87 bits per heavy atom. The van der Waals surface area contributed by atoms with Crippen LogP contribution in [0, 0.1) is 6.92 Å². The zero-order chi connectivity index (χ0) is 10.5. The van der Waals surface area contributed by atoms with E-state index in [4.69, 9.17) is 0 Å². The molecule has 4 nitrogen and oxygen atoms in total. The van der Waals surface area contributed by atoms with Crippen molar-refractivity contribution < 1.29 is 4.52 Å². The lowest BCUT2D eigenvalue weighted by Crippen LogP contribution is -2.14. The first-order chi connectivity index (χ1) is 7.36. The number of hydrogen-bond donors (Lipinski definition) is 1. The van der Waals surface area contributed by atoms with Crippen LogP contribution < -0.4 is 5.32 Å². The molecule has 0 bridgehead atoms. The van der Waals surface area contributed by atoms with E-state index in [-0.39, 0.29) is 0 Å². The second-order valence-electron chi connectivity index (χ2n) is 3.38. The zero-order valence-corrected chi connectivity index (χ0v) is 8.60. The Morgan fingerprint density at radius 2 is 2.13 bits per heavy atom. The Balaban J connectivity index is 1.86. The Morgan fingerprint density at radius 1 is 1.27 bits per heavy atom. The van der Waals surface area contributed by atoms with E-state index < -0.39 is 0 Å². The van der Waals surface area contributed by atoms with E-state index in [1.54, 1.807) is 0 Å². The van der Waals surface area contributed by atoms with E-state index >= 15 is 0 Å². The Bertz CT molecular complexity index is 412. The van der Waals surface area contributed by atoms with E-state index in [0.717, 1.165) is 6.54 Å². The largest absolute Gasteiger partial charge is 0.343 e. The number of nitrogens with zero attached hydrogens (tertiary/aromatic N) is 2. The molecule has 0 aliphatic rings. The summed E-state index contributed by atoms with van der Waals surface area (Å²) in [6.45, 7) is 3.55. The lowest BCUT2D eigenvalue weighted by molar-refractivity contribution is 0.407. The van der Waals surface area contributed by atoms with Gasteiger partial charge >= 0.3 is 0 Å². The van der Waals surface area contributed by atoms with Gasteiger partial charge in [0.1, 0.15) is 0 Å². The van der Waals surface area contributed by atoms with Crippen molar-refractivity contribution in [2.45, 2.75) is 20.0 Å². The molecule has 0 spiro atoms. The van der Waals surface area contributed by atoms with Crippen LogP contribution in [0.3, 0.4) is 0 Å². The summed E-state index contributed by atoms with van der Waals surface area (Å²) in [5.74, 6) is 0.684. The van der Waals surface area contributed by atoms with Gasteiger partial charge in [-0.2, -0.15) is 4.98 Å². The minimum absolute atomic E-state index is 0.630. The van der Waals surface area contributed by atoms with E-state index in [0.29, 0.717) is 12.4 Å². The maximum Gasteiger partial charge on any atom is 0.213 e. The molecule has 0 aliphatic carbocycles. The summed E-state index contributed by atoms with van der Waals surface area (Å²) in [5, 5.41) is 6.98. The fourth-order valence-electron chi connectivity index (χ4n) is 1.39. The Kier molecular flexibility index (Phi) is 3.09. The highest BCUT2D eigenvalue weighted by molar-refractivity contribution is 5.25. The van der Waals surface area contributed by atoms with E-state index in [9.17, 15) is 0 Å². The van der Waals surface area contributed by atoms with Gasteiger partial charge in [0.2, 0.25) is 6.39 Å². The Hall–Kier alpha value is -1.68. The number of aryl methyl sites for hydroxylation is 1. The molecule has 1 heterocycles. The third-order valence-corrected chi connectivity index (χ3v) is 2.27. The normalized spacial score (nSPS) is 10.5. The molecule has 15 heavy (non-hydrogen) atoms. The highest BCUT2D eigenvalue weighted by Gasteiger charge is 1.99. The van der Waals surface area contributed by atoms with Crippen molar-refractivity contribution in [2.75, 3.05) is 0 Å². The summed E-state index contributed by atoms with van der Waals surface area (Å²) in [4.78, 5) is 3.93. The number of hydrogen-bond acceptors (Lipinski definition) is 4. The van der Waals surface area contributed by atoms with E-state index in [1.807, 2.05) is 12.1 Å². The fraction of sp³-hybridized carbons (Fsp3) is 0.273. The predicted molar refractivity (Wildman–Crippen MR) is 56.0 cm³/mol. The smallest absolute Gasteiger partial charge is 0.213 e. The molecule has 0 saturated heterocycles. The van der Waals surface area contributed by atoms with Crippen molar-refractivity contribution in [1.82, 2.24) is 15.5 Å². The highest BCUT2D eigenvalue weighted by atomic mass is 16.5. The van der Waals surface area contributed by atoms with Gasteiger partial charge in [0, 0.05) is 6.54 Å². The van der Waals surface area contributed by atoms with Crippen molar-refractivity contribution >= 4 is 0 Å². The van der Waals surface area contributed by atoms with Crippen LogP contribution in [0.4, 0.5) is 0 Å². The molecule has 0 saturated carbocycles.